The molecule has 3 nitrogen and oxygen atoms in total. The van der Waals surface area contributed by atoms with Gasteiger partial charge in [0.15, 0.2) is 0 Å². The molecule has 0 amide bonds. The average Bonchev–Trinajstić information content (AvgIpc) is 2.05. The van der Waals surface area contributed by atoms with Gasteiger partial charge in [-0.25, -0.2) is 5.48 Å². The van der Waals surface area contributed by atoms with Crippen LogP contribution in [-0.4, -0.2) is 12.3 Å². The van der Waals surface area contributed by atoms with Gasteiger partial charge in [0.05, 0.1) is 7.11 Å². The van der Waals surface area contributed by atoms with Crippen molar-refractivity contribution in [3.8, 4) is 5.75 Å². The van der Waals surface area contributed by atoms with Crippen molar-refractivity contribution in [2.24, 2.45) is 0 Å². The SMILES string of the molecule is COc1ccc(CNO)cc1C. The summed E-state index contributed by atoms with van der Waals surface area (Å²) in [5.74, 6) is 0.872. The van der Waals surface area contributed by atoms with Crippen LogP contribution in [0, 0.1) is 6.92 Å². The molecule has 12 heavy (non-hydrogen) atoms. The fourth-order valence-electron chi connectivity index (χ4n) is 1.14. The first kappa shape index (κ1) is 9.03. The largest absolute Gasteiger partial charge is 0.496 e. The average molecular weight is 167 g/mol. The second-order valence-electron chi connectivity index (χ2n) is 2.64. The molecule has 66 valence electrons. The predicted octanol–water partition coefficient (Wildman–Crippen LogP) is 1.48. The van der Waals surface area contributed by atoms with Crippen LogP contribution in [0.25, 0.3) is 0 Å². The predicted molar refractivity (Wildman–Crippen MR) is 46.4 cm³/mol. The Bertz CT molecular complexity index is 261. The van der Waals surface area contributed by atoms with E-state index in [1.54, 1.807) is 7.11 Å². The smallest absolute Gasteiger partial charge is 0.121 e. The van der Waals surface area contributed by atoms with E-state index in [0.29, 0.717) is 6.54 Å². The minimum Gasteiger partial charge on any atom is -0.496 e. The fraction of sp³-hybridized carbons (Fsp3) is 0.333. The number of rotatable bonds is 3. The van der Waals surface area contributed by atoms with Crippen LogP contribution in [0.1, 0.15) is 11.1 Å². The molecule has 1 aromatic rings. The molecule has 0 saturated carbocycles. The van der Waals surface area contributed by atoms with Gasteiger partial charge in [-0.15, -0.1) is 0 Å². The summed E-state index contributed by atoms with van der Waals surface area (Å²) in [5.41, 5.74) is 4.22. The molecule has 3 heteroatoms. The van der Waals surface area contributed by atoms with Gasteiger partial charge in [-0.1, -0.05) is 12.1 Å². The highest BCUT2D eigenvalue weighted by atomic mass is 16.5. The van der Waals surface area contributed by atoms with E-state index in [9.17, 15) is 0 Å². The molecule has 0 saturated heterocycles. The first-order valence-corrected chi connectivity index (χ1v) is 3.78. The summed E-state index contributed by atoms with van der Waals surface area (Å²) >= 11 is 0. The van der Waals surface area contributed by atoms with Crippen LogP contribution in [0.3, 0.4) is 0 Å². The quantitative estimate of drug-likeness (QED) is 0.670. The zero-order valence-electron chi connectivity index (χ0n) is 7.29. The first-order chi connectivity index (χ1) is 5.77. The Kier molecular flexibility index (Phi) is 3.08. The summed E-state index contributed by atoms with van der Waals surface area (Å²) in [6.07, 6.45) is 0. The van der Waals surface area contributed by atoms with E-state index in [4.69, 9.17) is 9.94 Å². The minimum absolute atomic E-state index is 0.463. The normalized spacial score (nSPS) is 9.92. The molecule has 0 aromatic heterocycles. The zero-order valence-corrected chi connectivity index (χ0v) is 7.29. The zero-order chi connectivity index (χ0) is 8.97. The lowest BCUT2D eigenvalue weighted by Crippen LogP contribution is -2.06. The molecular formula is C9H13NO2. The van der Waals surface area contributed by atoms with Crippen LogP contribution < -0.4 is 10.2 Å². The standard InChI is InChI=1S/C9H13NO2/c1-7-5-8(6-10-11)3-4-9(7)12-2/h3-5,10-11H,6H2,1-2H3. The highest BCUT2D eigenvalue weighted by Gasteiger charge is 1.98. The summed E-state index contributed by atoms with van der Waals surface area (Å²) < 4.78 is 5.10. The van der Waals surface area contributed by atoms with Crippen molar-refractivity contribution in [2.45, 2.75) is 13.5 Å². The van der Waals surface area contributed by atoms with Gasteiger partial charge in [-0.05, 0) is 24.1 Å². The molecule has 0 aliphatic rings. The molecule has 0 heterocycles. The van der Waals surface area contributed by atoms with Crippen molar-refractivity contribution in [1.29, 1.82) is 0 Å². The lowest BCUT2D eigenvalue weighted by Gasteiger charge is -2.06. The van der Waals surface area contributed by atoms with E-state index < -0.39 is 0 Å². The number of ether oxygens (including phenoxy) is 1. The molecule has 0 atom stereocenters. The first-order valence-electron chi connectivity index (χ1n) is 3.78. The van der Waals surface area contributed by atoms with Gasteiger partial charge in [0.25, 0.3) is 0 Å². The van der Waals surface area contributed by atoms with Gasteiger partial charge in [-0.3, -0.25) is 0 Å². The highest BCUT2D eigenvalue weighted by Crippen LogP contribution is 2.17. The van der Waals surface area contributed by atoms with Crippen LogP contribution in [-0.2, 0) is 6.54 Å². The second kappa shape index (κ2) is 4.09. The maximum Gasteiger partial charge on any atom is 0.121 e. The highest BCUT2D eigenvalue weighted by molar-refractivity contribution is 5.35. The van der Waals surface area contributed by atoms with E-state index in [1.165, 1.54) is 0 Å². The second-order valence-corrected chi connectivity index (χ2v) is 2.64. The lowest BCUT2D eigenvalue weighted by molar-refractivity contribution is 0.161. The van der Waals surface area contributed by atoms with E-state index in [1.807, 2.05) is 25.1 Å². The van der Waals surface area contributed by atoms with E-state index in [2.05, 4.69) is 5.48 Å². The maximum absolute atomic E-state index is 8.46. The Morgan fingerprint density at radius 1 is 1.50 bits per heavy atom. The maximum atomic E-state index is 8.46. The Balaban J connectivity index is 2.86. The van der Waals surface area contributed by atoms with E-state index in [0.717, 1.165) is 16.9 Å². The molecule has 0 fully saturated rings. The molecule has 0 radical (unpaired) electrons. The lowest BCUT2D eigenvalue weighted by atomic mass is 10.1. The number of hydrogen-bond donors (Lipinski definition) is 2. The van der Waals surface area contributed by atoms with Crippen LogP contribution in [0.15, 0.2) is 18.2 Å². The summed E-state index contributed by atoms with van der Waals surface area (Å²) in [6.45, 7) is 2.44. The van der Waals surface area contributed by atoms with Crippen molar-refractivity contribution < 1.29 is 9.94 Å². The van der Waals surface area contributed by atoms with Crippen molar-refractivity contribution in [1.82, 2.24) is 5.48 Å². The van der Waals surface area contributed by atoms with E-state index >= 15 is 0 Å². The molecule has 1 rings (SSSR count). The third kappa shape index (κ3) is 1.96. The molecule has 0 aliphatic heterocycles. The Morgan fingerprint density at radius 3 is 2.75 bits per heavy atom. The van der Waals surface area contributed by atoms with E-state index in [-0.39, 0.29) is 0 Å². The number of nitrogens with one attached hydrogen (secondary N) is 1. The molecule has 0 aliphatic carbocycles. The summed E-state index contributed by atoms with van der Waals surface area (Å²) in [4.78, 5) is 0. The van der Waals surface area contributed by atoms with Crippen molar-refractivity contribution in [2.75, 3.05) is 7.11 Å². The topological polar surface area (TPSA) is 41.5 Å². The molecule has 2 N–H and O–H groups in total. The number of benzene rings is 1. The van der Waals surface area contributed by atoms with Crippen molar-refractivity contribution in [3.05, 3.63) is 29.3 Å². The fourth-order valence-corrected chi connectivity index (χ4v) is 1.14. The Hall–Kier alpha value is -1.06. The monoisotopic (exact) mass is 167 g/mol. The van der Waals surface area contributed by atoms with Gasteiger partial charge in [-0.2, -0.15) is 0 Å². The van der Waals surface area contributed by atoms with Crippen LogP contribution in [0.2, 0.25) is 0 Å². The van der Waals surface area contributed by atoms with Crippen molar-refractivity contribution >= 4 is 0 Å². The molecule has 0 bridgehead atoms. The third-order valence-corrected chi connectivity index (χ3v) is 1.74. The molecule has 0 spiro atoms. The molecular weight excluding hydrogens is 154 g/mol. The van der Waals surface area contributed by atoms with Gasteiger partial charge in [0, 0.05) is 6.54 Å². The Labute approximate surface area is 71.9 Å². The van der Waals surface area contributed by atoms with Crippen LogP contribution in [0.5, 0.6) is 5.75 Å². The van der Waals surface area contributed by atoms with Crippen molar-refractivity contribution in [3.63, 3.8) is 0 Å². The number of hydrogen-bond acceptors (Lipinski definition) is 3. The Morgan fingerprint density at radius 2 is 2.25 bits per heavy atom. The molecule has 1 aromatic carbocycles. The third-order valence-electron chi connectivity index (χ3n) is 1.74. The number of hydroxylamine groups is 1. The summed E-state index contributed by atoms with van der Waals surface area (Å²) in [7, 11) is 1.65. The van der Waals surface area contributed by atoms with Gasteiger partial charge < -0.3 is 9.94 Å². The summed E-state index contributed by atoms with van der Waals surface area (Å²) in [6, 6.07) is 5.78. The van der Waals surface area contributed by atoms with Crippen LogP contribution >= 0.6 is 0 Å². The van der Waals surface area contributed by atoms with Gasteiger partial charge >= 0.3 is 0 Å². The van der Waals surface area contributed by atoms with Gasteiger partial charge in [0.2, 0.25) is 0 Å². The van der Waals surface area contributed by atoms with Gasteiger partial charge in [0.1, 0.15) is 5.75 Å². The number of methoxy groups -OCH3 is 1. The van der Waals surface area contributed by atoms with Crippen LogP contribution in [0.4, 0.5) is 0 Å². The number of aryl methyl sites for hydroxylation is 1. The minimum atomic E-state index is 0.463. The summed E-state index contributed by atoms with van der Waals surface area (Å²) in [5, 5.41) is 8.46. The molecule has 0 unspecified atom stereocenters.